The van der Waals surface area contributed by atoms with Gasteiger partial charge in [-0.2, -0.15) is 13.2 Å². The van der Waals surface area contributed by atoms with Crippen LogP contribution in [-0.2, 0) is 11.0 Å². The number of rotatable bonds is 2. The Morgan fingerprint density at radius 2 is 1.81 bits per heavy atom. The average Bonchev–Trinajstić information content (AvgIpc) is 2.17. The second kappa shape index (κ2) is 4.52. The molecular weight excluding hydrogens is 225 g/mol. The molecule has 0 aliphatic carbocycles. The van der Waals surface area contributed by atoms with Crippen LogP contribution in [0.2, 0.25) is 0 Å². The van der Waals surface area contributed by atoms with E-state index in [-0.39, 0.29) is 5.75 Å². The maximum Gasteiger partial charge on any atom is 0.416 e. The minimum atomic E-state index is -4.42. The van der Waals surface area contributed by atoms with Gasteiger partial charge in [-0.25, -0.2) is 4.79 Å². The number of benzene rings is 1. The number of aliphatic hydroxyl groups is 1. The van der Waals surface area contributed by atoms with Crippen molar-refractivity contribution in [1.82, 2.24) is 0 Å². The Bertz CT molecular complexity index is 368. The van der Waals surface area contributed by atoms with Crippen LogP contribution in [0.1, 0.15) is 12.5 Å². The molecule has 0 fully saturated rings. The Morgan fingerprint density at radius 3 is 2.19 bits per heavy atom. The van der Waals surface area contributed by atoms with Gasteiger partial charge in [-0.1, -0.05) is 0 Å². The van der Waals surface area contributed by atoms with Crippen LogP contribution in [0.25, 0.3) is 0 Å². The molecule has 1 unspecified atom stereocenters. The van der Waals surface area contributed by atoms with Gasteiger partial charge in [0.2, 0.25) is 0 Å². The zero-order valence-corrected chi connectivity index (χ0v) is 8.28. The third-order valence-electron chi connectivity index (χ3n) is 1.74. The van der Waals surface area contributed by atoms with Gasteiger partial charge in [-0.3, -0.25) is 0 Å². The van der Waals surface area contributed by atoms with Gasteiger partial charge >= 0.3 is 12.1 Å². The molecule has 1 atom stereocenters. The van der Waals surface area contributed by atoms with Crippen molar-refractivity contribution in [2.24, 2.45) is 0 Å². The van der Waals surface area contributed by atoms with E-state index in [4.69, 9.17) is 5.11 Å². The Labute approximate surface area is 89.5 Å². The normalized spacial score (nSPS) is 13.3. The molecule has 0 aromatic heterocycles. The Morgan fingerprint density at radius 1 is 1.31 bits per heavy atom. The van der Waals surface area contributed by atoms with Gasteiger partial charge in [-0.15, -0.1) is 0 Å². The SMILES string of the molecule is CC(O)C(=O)Oc1ccc(C(F)(F)F)cc1. The molecule has 0 aliphatic heterocycles. The van der Waals surface area contributed by atoms with Crippen molar-refractivity contribution in [3.63, 3.8) is 0 Å². The summed E-state index contributed by atoms with van der Waals surface area (Å²) < 4.78 is 41.1. The Kier molecular flexibility index (Phi) is 3.54. The predicted molar refractivity (Wildman–Crippen MR) is 48.8 cm³/mol. The highest BCUT2D eigenvalue weighted by molar-refractivity contribution is 5.76. The number of carbonyl (C=O) groups excluding carboxylic acids is 1. The molecule has 16 heavy (non-hydrogen) atoms. The fourth-order valence-electron chi connectivity index (χ4n) is 0.913. The van der Waals surface area contributed by atoms with Crippen LogP contribution < -0.4 is 4.74 Å². The molecule has 1 N–H and O–H groups in total. The number of hydrogen-bond acceptors (Lipinski definition) is 3. The lowest BCUT2D eigenvalue weighted by Crippen LogP contribution is -2.22. The van der Waals surface area contributed by atoms with Crippen LogP contribution in [-0.4, -0.2) is 17.2 Å². The summed E-state index contributed by atoms with van der Waals surface area (Å²) in [6, 6.07) is 3.63. The van der Waals surface area contributed by atoms with E-state index in [0.717, 1.165) is 24.3 Å². The van der Waals surface area contributed by atoms with Gasteiger partial charge in [0.1, 0.15) is 11.9 Å². The molecule has 0 aliphatic rings. The number of hydrogen-bond donors (Lipinski definition) is 1. The third kappa shape index (κ3) is 3.23. The van der Waals surface area contributed by atoms with Crippen molar-refractivity contribution in [3.05, 3.63) is 29.8 Å². The van der Waals surface area contributed by atoms with Crippen LogP contribution in [0.3, 0.4) is 0 Å². The number of carbonyl (C=O) groups is 1. The minimum Gasteiger partial charge on any atom is -0.425 e. The van der Waals surface area contributed by atoms with Gasteiger partial charge < -0.3 is 9.84 Å². The lowest BCUT2D eigenvalue weighted by molar-refractivity contribution is -0.142. The number of halogens is 3. The Balaban J connectivity index is 2.76. The standard InChI is InChI=1S/C10H9F3O3/c1-6(14)9(15)16-8-4-2-7(3-5-8)10(11,12)13/h2-6,14H,1H3. The third-order valence-corrected chi connectivity index (χ3v) is 1.74. The van der Waals surface area contributed by atoms with E-state index in [1.54, 1.807) is 0 Å². The monoisotopic (exact) mass is 234 g/mol. The van der Waals surface area contributed by atoms with E-state index in [1.165, 1.54) is 6.92 Å². The van der Waals surface area contributed by atoms with Crippen LogP contribution >= 0.6 is 0 Å². The molecule has 0 heterocycles. The average molecular weight is 234 g/mol. The molecule has 0 saturated carbocycles. The summed E-state index contributed by atoms with van der Waals surface area (Å²) in [6.45, 7) is 1.20. The summed E-state index contributed by atoms with van der Waals surface area (Å²) in [5.41, 5.74) is -0.829. The van der Waals surface area contributed by atoms with Gasteiger partial charge in [0.15, 0.2) is 0 Å². The van der Waals surface area contributed by atoms with Gasteiger partial charge in [0.05, 0.1) is 5.56 Å². The van der Waals surface area contributed by atoms with E-state index in [0.29, 0.717) is 0 Å². The highest BCUT2D eigenvalue weighted by Gasteiger charge is 2.30. The van der Waals surface area contributed by atoms with E-state index in [9.17, 15) is 18.0 Å². The van der Waals surface area contributed by atoms with Crippen molar-refractivity contribution in [2.45, 2.75) is 19.2 Å². The van der Waals surface area contributed by atoms with E-state index in [2.05, 4.69) is 4.74 Å². The number of ether oxygens (including phenoxy) is 1. The largest absolute Gasteiger partial charge is 0.425 e. The molecule has 6 heteroatoms. The molecule has 0 spiro atoms. The van der Waals surface area contributed by atoms with E-state index >= 15 is 0 Å². The van der Waals surface area contributed by atoms with Crippen molar-refractivity contribution >= 4 is 5.97 Å². The van der Waals surface area contributed by atoms with Crippen LogP contribution in [0.5, 0.6) is 5.75 Å². The summed E-state index contributed by atoms with van der Waals surface area (Å²) in [6.07, 6.45) is -5.74. The molecule has 88 valence electrons. The fraction of sp³-hybridized carbons (Fsp3) is 0.300. The van der Waals surface area contributed by atoms with Crippen molar-refractivity contribution < 1.29 is 27.8 Å². The molecule has 1 aromatic rings. The smallest absolute Gasteiger partial charge is 0.416 e. The topological polar surface area (TPSA) is 46.5 Å². The van der Waals surface area contributed by atoms with Gasteiger partial charge in [0.25, 0.3) is 0 Å². The summed E-state index contributed by atoms with van der Waals surface area (Å²) >= 11 is 0. The first kappa shape index (κ1) is 12.5. The highest BCUT2D eigenvalue weighted by Crippen LogP contribution is 2.30. The molecule has 3 nitrogen and oxygen atoms in total. The van der Waals surface area contributed by atoms with Crippen LogP contribution in [0.4, 0.5) is 13.2 Å². The zero-order valence-electron chi connectivity index (χ0n) is 8.28. The fourth-order valence-corrected chi connectivity index (χ4v) is 0.913. The van der Waals surface area contributed by atoms with Crippen molar-refractivity contribution in [3.8, 4) is 5.75 Å². The molecule has 0 amide bonds. The second-order valence-corrected chi connectivity index (χ2v) is 3.12. The summed E-state index contributed by atoms with van der Waals surface area (Å²) in [7, 11) is 0. The zero-order chi connectivity index (χ0) is 12.3. The van der Waals surface area contributed by atoms with Crippen molar-refractivity contribution in [2.75, 3.05) is 0 Å². The highest BCUT2D eigenvalue weighted by atomic mass is 19.4. The van der Waals surface area contributed by atoms with Gasteiger partial charge in [-0.05, 0) is 31.2 Å². The first-order valence-corrected chi connectivity index (χ1v) is 4.37. The molecule has 1 aromatic carbocycles. The second-order valence-electron chi connectivity index (χ2n) is 3.12. The first-order valence-electron chi connectivity index (χ1n) is 4.37. The molecule has 1 rings (SSSR count). The molecular formula is C10H9F3O3. The lowest BCUT2D eigenvalue weighted by Gasteiger charge is -2.08. The quantitative estimate of drug-likeness (QED) is 0.628. The summed E-state index contributed by atoms with van der Waals surface area (Å²) in [5, 5.41) is 8.81. The first-order chi connectivity index (χ1) is 7.30. The van der Waals surface area contributed by atoms with E-state index < -0.39 is 23.8 Å². The Hall–Kier alpha value is -1.56. The maximum atomic E-state index is 12.2. The molecule has 0 saturated heterocycles. The maximum absolute atomic E-state index is 12.2. The summed E-state index contributed by atoms with van der Waals surface area (Å²) in [5.74, 6) is -0.960. The minimum absolute atomic E-state index is 0.0427. The van der Waals surface area contributed by atoms with Crippen molar-refractivity contribution in [1.29, 1.82) is 0 Å². The number of esters is 1. The van der Waals surface area contributed by atoms with Crippen LogP contribution in [0.15, 0.2) is 24.3 Å². The molecule has 0 radical (unpaired) electrons. The predicted octanol–water partition coefficient (Wildman–Crippen LogP) is 1.99. The summed E-state index contributed by atoms with van der Waals surface area (Å²) in [4.78, 5) is 10.9. The van der Waals surface area contributed by atoms with E-state index in [1.807, 2.05) is 0 Å². The van der Waals surface area contributed by atoms with Crippen LogP contribution in [0, 0.1) is 0 Å². The lowest BCUT2D eigenvalue weighted by atomic mass is 10.2. The van der Waals surface area contributed by atoms with Gasteiger partial charge in [0, 0.05) is 0 Å². The molecule has 0 bridgehead atoms. The number of aliphatic hydroxyl groups excluding tert-OH is 1. The number of alkyl halides is 3.